The molecule has 0 aromatic heterocycles. The predicted molar refractivity (Wildman–Crippen MR) is 33.1 cm³/mol. The van der Waals surface area contributed by atoms with Crippen LogP contribution in [0, 0.1) is 0 Å². The third-order valence-corrected chi connectivity index (χ3v) is 0. The van der Waals surface area contributed by atoms with Crippen molar-refractivity contribution < 1.29 is 22.3 Å². The van der Waals surface area contributed by atoms with Gasteiger partial charge < -0.3 is 4.79 Å². The van der Waals surface area contributed by atoms with Crippen molar-refractivity contribution in [3.63, 3.8) is 0 Å². The summed E-state index contributed by atoms with van der Waals surface area (Å²) in [6.45, 7) is 1.44. The summed E-state index contributed by atoms with van der Waals surface area (Å²) in [5.41, 5.74) is 0. The van der Waals surface area contributed by atoms with Crippen molar-refractivity contribution in [2.45, 2.75) is 6.92 Å². The molecule has 0 aromatic carbocycles. The first-order valence-electron chi connectivity index (χ1n) is 1.51. The van der Waals surface area contributed by atoms with E-state index in [0.717, 1.165) is 6.29 Å². The van der Waals surface area contributed by atoms with E-state index in [2.05, 4.69) is 0 Å². The Balaban J connectivity index is -0.0000000800. The molecule has 9 heavy (non-hydrogen) atoms. The Kier molecular flexibility index (Phi) is 15.4. The van der Waals surface area contributed by atoms with Gasteiger partial charge in [-0.05, 0) is 6.92 Å². The molecule has 0 aliphatic rings. The summed E-state index contributed by atoms with van der Waals surface area (Å²) >= 11 is 0. The van der Waals surface area contributed by atoms with E-state index >= 15 is 0 Å². The van der Waals surface area contributed by atoms with Crippen LogP contribution in [-0.4, -0.2) is 53.4 Å². The van der Waals surface area contributed by atoms with Crippen molar-refractivity contribution in [1.29, 1.82) is 0 Å². The summed E-state index contributed by atoms with van der Waals surface area (Å²) < 4.78 is 31.6. The molecule has 0 saturated carbocycles. The van der Waals surface area contributed by atoms with Crippen molar-refractivity contribution >= 4 is 46.2 Å². The molecule has 0 spiro atoms. The van der Waals surface area contributed by atoms with Gasteiger partial charge in [0, 0.05) is 0 Å². The Labute approximate surface area is 75.3 Å². The van der Waals surface area contributed by atoms with E-state index in [1.165, 1.54) is 6.92 Å². The molecule has 0 unspecified atom stereocenters. The number of carbonyl (C=O) groups is 1. The van der Waals surface area contributed by atoms with Gasteiger partial charge in [-0.1, -0.05) is 0 Å². The van der Waals surface area contributed by atoms with Gasteiger partial charge in [-0.3, -0.25) is 9.11 Å². The fourth-order valence-electron chi connectivity index (χ4n) is 0. The van der Waals surface area contributed by atoms with Gasteiger partial charge in [0.2, 0.25) is 0 Å². The SMILES string of the molecule is CC=O.O=S(=O)(O)O.[NaH]. The van der Waals surface area contributed by atoms with Crippen LogP contribution in [0.25, 0.3) is 0 Å². The zero-order chi connectivity index (χ0) is 7.21. The Morgan fingerprint density at radius 2 is 1.33 bits per heavy atom. The molecule has 0 heterocycles. The number of hydrogen-bond donors (Lipinski definition) is 2. The minimum absolute atomic E-state index is 0. The van der Waals surface area contributed by atoms with Crippen molar-refractivity contribution in [2.75, 3.05) is 0 Å². The first-order valence-corrected chi connectivity index (χ1v) is 2.91. The van der Waals surface area contributed by atoms with Crippen LogP contribution in [0.3, 0.4) is 0 Å². The molecule has 0 amide bonds. The second kappa shape index (κ2) is 8.54. The van der Waals surface area contributed by atoms with Crippen LogP contribution in [-0.2, 0) is 15.2 Å². The molecular formula is C2H7NaO5S. The zero-order valence-electron chi connectivity index (χ0n) is 4.10. The van der Waals surface area contributed by atoms with Crippen LogP contribution in [0.4, 0.5) is 0 Å². The molecule has 2 N–H and O–H groups in total. The molecule has 52 valence electrons. The molecule has 0 fully saturated rings. The third-order valence-electron chi connectivity index (χ3n) is 0. The second-order valence-electron chi connectivity index (χ2n) is 0.684. The summed E-state index contributed by atoms with van der Waals surface area (Å²) in [5, 5.41) is 0. The molecule has 0 aromatic rings. The summed E-state index contributed by atoms with van der Waals surface area (Å²) in [6, 6.07) is 0. The van der Waals surface area contributed by atoms with Crippen LogP contribution in [0.2, 0.25) is 0 Å². The van der Waals surface area contributed by atoms with E-state index in [-0.39, 0.29) is 29.6 Å². The molecule has 0 bridgehead atoms. The molecular weight excluding hydrogens is 159 g/mol. The van der Waals surface area contributed by atoms with Crippen molar-refractivity contribution in [3.05, 3.63) is 0 Å². The van der Waals surface area contributed by atoms with E-state index in [4.69, 9.17) is 22.3 Å². The molecule has 0 atom stereocenters. The van der Waals surface area contributed by atoms with E-state index in [9.17, 15) is 0 Å². The van der Waals surface area contributed by atoms with Gasteiger partial charge in [0.15, 0.2) is 0 Å². The minimum atomic E-state index is -4.67. The number of carbonyl (C=O) groups excluding carboxylic acids is 1. The number of hydrogen-bond acceptors (Lipinski definition) is 3. The standard InChI is InChI=1S/C2H4O.Na.H2O4S.H/c1-2-3;;1-5(2,3)4;/h2H,1H3;;(H2,1,2,3,4);. The van der Waals surface area contributed by atoms with Crippen LogP contribution >= 0.6 is 0 Å². The van der Waals surface area contributed by atoms with E-state index in [1.807, 2.05) is 0 Å². The average Bonchev–Trinajstić information content (AvgIpc) is 1.27. The fraction of sp³-hybridized carbons (Fsp3) is 0.500. The number of aldehydes is 1. The van der Waals surface area contributed by atoms with Crippen LogP contribution in [0.1, 0.15) is 6.92 Å². The molecule has 5 nitrogen and oxygen atoms in total. The van der Waals surface area contributed by atoms with Crippen LogP contribution in [0.15, 0.2) is 0 Å². The van der Waals surface area contributed by atoms with E-state index in [1.54, 1.807) is 0 Å². The average molecular weight is 166 g/mol. The van der Waals surface area contributed by atoms with Gasteiger partial charge in [-0.2, -0.15) is 8.42 Å². The Bertz CT molecular complexity index is 129. The van der Waals surface area contributed by atoms with Gasteiger partial charge >= 0.3 is 40.0 Å². The van der Waals surface area contributed by atoms with Crippen molar-refractivity contribution in [1.82, 2.24) is 0 Å². The van der Waals surface area contributed by atoms with Gasteiger partial charge in [0.1, 0.15) is 6.29 Å². The summed E-state index contributed by atoms with van der Waals surface area (Å²) in [5.74, 6) is 0. The van der Waals surface area contributed by atoms with Gasteiger partial charge in [-0.25, -0.2) is 0 Å². The Hall–Kier alpha value is 0.540. The van der Waals surface area contributed by atoms with Gasteiger partial charge in [-0.15, -0.1) is 0 Å². The molecule has 7 heteroatoms. The molecule has 0 aliphatic heterocycles. The topological polar surface area (TPSA) is 91.7 Å². The van der Waals surface area contributed by atoms with Gasteiger partial charge in [0.05, 0.1) is 0 Å². The fourth-order valence-corrected chi connectivity index (χ4v) is 0. The van der Waals surface area contributed by atoms with Crippen molar-refractivity contribution in [3.8, 4) is 0 Å². The summed E-state index contributed by atoms with van der Waals surface area (Å²) in [7, 11) is -4.67. The molecule has 0 aliphatic carbocycles. The van der Waals surface area contributed by atoms with Crippen LogP contribution < -0.4 is 0 Å². The maximum absolute atomic E-state index is 8.81. The van der Waals surface area contributed by atoms with E-state index in [0.29, 0.717) is 0 Å². The van der Waals surface area contributed by atoms with Crippen molar-refractivity contribution in [2.24, 2.45) is 0 Å². The first-order chi connectivity index (χ1) is 3.41. The first kappa shape index (κ1) is 16.3. The molecule has 0 radical (unpaired) electrons. The predicted octanol–water partition coefficient (Wildman–Crippen LogP) is -1.10. The normalized spacial score (nSPS) is 7.89. The van der Waals surface area contributed by atoms with Gasteiger partial charge in [0.25, 0.3) is 0 Å². The zero-order valence-corrected chi connectivity index (χ0v) is 4.92. The summed E-state index contributed by atoms with van der Waals surface area (Å²) in [4.78, 5) is 8.81. The Morgan fingerprint density at radius 1 is 1.33 bits per heavy atom. The Morgan fingerprint density at radius 3 is 1.33 bits per heavy atom. The monoisotopic (exact) mass is 166 g/mol. The summed E-state index contributed by atoms with van der Waals surface area (Å²) in [6.07, 6.45) is 0.750. The van der Waals surface area contributed by atoms with Crippen LogP contribution in [0.5, 0.6) is 0 Å². The quantitative estimate of drug-likeness (QED) is 0.271. The second-order valence-corrected chi connectivity index (χ2v) is 1.58. The maximum atomic E-state index is 8.81. The molecule has 0 rings (SSSR count). The third kappa shape index (κ3) is 1250. The molecule has 0 saturated heterocycles. The number of rotatable bonds is 0. The van der Waals surface area contributed by atoms with E-state index < -0.39 is 10.4 Å².